The fourth-order valence-electron chi connectivity index (χ4n) is 1.48. The summed E-state index contributed by atoms with van der Waals surface area (Å²) < 4.78 is 13.2. The van der Waals surface area contributed by atoms with E-state index < -0.39 is 5.82 Å². The van der Waals surface area contributed by atoms with Gasteiger partial charge in [-0.3, -0.25) is 5.10 Å². The molecule has 0 atom stereocenters. The predicted molar refractivity (Wildman–Crippen MR) is 66.5 cm³/mol. The Morgan fingerprint density at radius 3 is 2.50 bits per heavy atom. The fourth-order valence-corrected chi connectivity index (χ4v) is 1.75. The van der Waals surface area contributed by atoms with Gasteiger partial charge in [0, 0.05) is 11.1 Å². The Labute approximate surface area is 99.8 Å². The summed E-state index contributed by atoms with van der Waals surface area (Å²) in [7, 11) is 0. The highest BCUT2D eigenvalue weighted by Crippen LogP contribution is 2.31. The zero-order valence-corrected chi connectivity index (χ0v) is 10.7. The molecule has 0 fully saturated rings. The van der Waals surface area contributed by atoms with Gasteiger partial charge in [0.15, 0.2) is 0 Å². The molecule has 0 unspecified atom stereocenters. The number of rotatable bonds is 1. The summed E-state index contributed by atoms with van der Waals surface area (Å²) in [5.41, 5.74) is 1.59. The lowest BCUT2D eigenvalue weighted by atomic mass is 10.1. The van der Waals surface area contributed by atoms with E-state index in [1.54, 1.807) is 6.07 Å². The number of nitrogens with zero attached hydrogens (tertiary/aromatic N) is 1. The minimum absolute atomic E-state index is 0.153. The van der Waals surface area contributed by atoms with Gasteiger partial charge in [-0.15, -0.1) is 0 Å². The average molecular weight is 243 g/mol. The van der Waals surface area contributed by atoms with Crippen molar-refractivity contribution in [3.8, 4) is 0 Å². The van der Waals surface area contributed by atoms with Crippen molar-refractivity contribution in [3.05, 3.63) is 28.7 Å². The van der Waals surface area contributed by atoms with Gasteiger partial charge in [-0.05, 0) is 18.1 Å². The third kappa shape index (κ3) is 2.19. The van der Waals surface area contributed by atoms with Crippen LogP contribution in [-0.4, -0.2) is 10.2 Å². The molecule has 1 aromatic heterocycles. The van der Waals surface area contributed by atoms with E-state index in [0.29, 0.717) is 10.9 Å². The fraction of sp³-hybridized carbons (Fsp3) is 0.417. The van der Waals surface area contributed by atoms with Gasteiger partial charge in [-0.25, -0.2) is 4.39 Å². The quantitative estimate of drug-likeness (QED) is 0.783. The minimum Gasteiger partial charge on any atom is -0.281 e. The number of nitrogens with one attached hydrogen (secondary N) is 1. The van der Waals surface area contributed by atoms with Gasteiger partial charge in [0.05, 0.1) is 10.5 Å². The topological polar surface area (TPSA) is 28.7 Å². The molecule has 1 N–H and O–H groups in total. The molecule has 2 nitrogen and oxygen atoms in total. The van der Waals surface area contributed by atoms with Crippen LogP contribution in [0, 0.1) is 5.82 Å². The van der Waals surface area contributed by atoms with Crippen molar-refractivity contribution in [3.63, 3.8) is 0 Å². The second kappa shape index (κ2) is 5.30. The van der Waals surface area contributed by atoms with Crippen molar-refractivity contribution in [2.45, 2.75) is 33.6 Å². The lowest BCUT2D eigenvalue weighted by molar-refractivity contribution is 0.630. The van der Waals surface area contributed by atoms with Crippen molar-refractivity contribution >= 4 is 22.5 Å². The molecule has 16 heavy (non-hydrogen) atoms. The summed E-state index contributed by atoms with van der Waals surface area (Å²) >= 11 is 5.88. The van der Waals surface area contributed by atoms with Crippen LogP contribution in [0.2, 0.25) is 5.02 Å². The van der Waals surface area contributed by atoms with Crippen LogP contribution in [0.3, 0.4) is 0 Å². The Hall–Kier alpha value is -1.09. The second-order valence-corrected chi connectivity index (χ2v) is 3.93. The summed E-state index contributed by atoms with van der Waals surface area (Å²) in [5.74, 6) is -0.151. The predicted octanol–water partition coefficient (Wildman–Crippen LogP) is 4.51. The Balaban J connectivity index is 0.000000606. The molecule has 0 bridgehead atoms. The van der Waals surface area contributed by atoms with Gasteiger partial charge in [-0.2, -0.15) is 5.10 Å². The number of hydrogen-bond acceptors (Lipinski definition) is 1. The first-order valence-corrected chi connectivity index (χ1v) is 5.81. The highest BCUT2D eigenvalue weighted by molar-refractivity contribution is 6.35. The van der Waals surface area contributed by atoms with Crippen LogP contribution >= 0.6 is 11.6 Å². The van der Waals surface area contributed by atoms with Gasteiger partial charge < -0.3 is 0 Å². The first-order valence-electron chi connectivity index (χ1n) is 5.43. The molecule has 0 aliphatic heterocycles. The highest BCUT2D eigenvalue weighted by atomic mass is 35.5. The summed E-state index contributed by atoms with van der Waals surface area (Å²) in [4.78, 5) is 0. The monoisotopic (exact) mass is 242 g/mol. The van der Waals surface area contributed by atoms with E-state index in [0.717, 1.165) is 5.69 Å². The van der Waals surface area contributed by atoms with Crippen LogP contribution in [0.4, 0.5) is 4.39 Å². The van der Waals surface area contributed by atoms with Crippen LogP contribution < -0.4 is 0 Å². The van der Waals surface area contributed by atoms with Crippen LogP contribution in [0.1, 0.15) is 39.3 Å². The van der Waals surface area contributed by atoms with Crippen molar-refractivity contribution < 1.29 is 4.39 Å². The molecule has 0 aliphatic carbocycles. The average Bonchev–Trinajstić information content (AvgIpc) is 2.71. The zero-order valence-electron chi connectivity index (χ0n) is 9.94. The van der Waals surface area contributed by atoms with Crippen molar-refractivity contribution in [1.82, 2.24) is 10.2 Å². The molecule has 0 saturated carbocycles. The molecular formula is C12H16ClFN2. The number of benzene rings is 1. The summed E-state index contributed by atoms with van der Waals surface area (Å²) in [6.45, 7) is 8.02. The van der Waals surface area contributed by atoms with Gasteiger partial charge in [-0.1, -0.05) is 39.3 Å². The highest BCUT2D eigenvalue weighted by Gasteiger charge is 2.14. The van der Waals surface area contributed by atoms with E-state index in [-0.39, 0.29) is 10.9 Å². The molecule has 4 heteroatoms. The second-order valence-electron chi connectivity index (χ2n) is 3.55. The first-order chi connectivity index (χ1) is 7.61. The molecule has 88 valence electrons. The molecule has 0 spiro atoms. The number of fused-ring (bicyclic) bond motifs is 1. The van der Waals surface area contributed by atoms with E-state index in [9.17, 15) is 4.39 Å². The number of hydrogen-bond donors (Lipinski definition) is 1. The van der Waals surface area contributed by atoms with Crippen LogP contribution in [0.15, 0.2) is 12.1 Å². The number of halogens is 2. The Morgan fingerprint density at radius 1 is 1.31 bits per heavy atom. The van der Waals surface area contributed by atoms with E-state index >= 15 is 0 Å². The minimum atomic E-state index is -0.400. The van der Waals surface area contributed by atoms with E-state index in [1.807, 2.05) is 27.7 Å². The van der Waals surface area contributed by atoms with Crippen LogP contribution in [0.25, 0.3) is 10.9 Å². The largest absolute Gasteiger partial charge is 0.281 e. The summed E-state index contributed by atoms with van der Waals surface area (Å²) in [6.07, 6.45) is 0. The summed E-state index contributed by atoms with van der Waals surface area (Å²) in [6, 6.07) is 2.95. The van der Waals surface area contributed by atoms with Gasteiger partial charge in [0.2, 0.25) is 0 Å². The standard InChI is InChI=1S/C10H10ClFN2.C2H6/c1-5(2)10-8-7(13-14-10)4-3-6(12)9(8)11;1-2/h3-5H,1-2H3,(H,13,14);1-2H3. The van der Waals surface area contributed by atoms with Crippen molar-refractivity contribution in [1.29, 1.82) is 0 Å². The Kier molecular flexibility index (Phi) is 4.30. The van der Waals surface area contributed by atoms with E-state index in [2.05, 4.69) is 10.2 Å². The van der Waals surface area contributed by atoms with Crippen molar-refractivity contribution in [2.75, 3.05) is 0 Å². The smallest absolute Gasteiger partial charge is 0.142 e. The lowest BCUT2D eigenvalue weighted by Crippen LogP contribution is -1.89. The molecule has 2 rings (SSSR count). The molecule has 2 aromatic rings. The Bertz CT molecular complexity index is 477. The van der Waals surface area contributed by atoms with Gasteiger partial charge in [0.1, 0.15) is 5.82 Å². The number of H-pyrrole nitrogens is 1. The third-order valence-electron chi connectivity index (χ3n) is 2.22. The SMILES string of the molecule is CC.CC(C)c1[nH]nc2ccc(F)c(Cl)c12. The van der Waals surface area contributed by atoms with Gasteiger partial charge in [0.25, 0.3) is 0 Å². The Morgan fingerprint density at radius 2 is 1.94 bits per heavy atom. The van der Waals surface area contributed by atoms with Crippen LogP contribution in [0.5, 0.6) is 0 Å². The molecule has 0 aliphatic rings. The first kappa shape index (κ1) is 13.0. The van der Waals surface area contributed by atoms with E-state index in [4.69, 9.17) is 11.6 Å². The molecular weight excluding hydrogens is 227 g/mol. The molecule has 0 amide bonds. The van der Waals surface area contributed by atoms with E-state index in [1.165, 1.54) is 6.07 Å². The molecule has 1 aromatic carbocycles. The van der Waals surface area contributed by atoms with Crippen molar-refractivity contribution in [2.24, 2.45) is 0 Å². The number of aromatic amines is 1. The number of aromatic nitrogens is 2. The maximum Gasteiger partial charge on any atom is 0.142 e. The normalized spacial score (nSPS) is 10.4. The lowest BCUT2D eigenvalue weighted by Gasteiger charge is -2.02. The maximum atomic E-state index is 13.2. The maximum absolute atomic E-state index is 13.2. The molecule has 1 heterocycles. The summed E-state index contributed by atoms with van der Waals surface area (Å²) in [5, 5.41) is 7.79. The van der Waals surface area contributed by atoms with Crippen LogP contribution in [-0.2, 0) is 0 Å². The van der Waals surface area contributed by atoms with Gasteiger partial charge >= 0.3 is 0 Å². The zero-order chi connectivity index (χ0) is 12.3. The molecule has 0 saturated heterocycles. The molecule has 0 radical (unpaired) electrons. The third-order valence-corrected chi connectivity index (χ3v) is 2.59.